The Morgan fingerprint density at radius 3 is 2.71 bits per heavy atom. The van der Waals surface area contributed by atoms with Crippen molar-refractivity contribution in [3.8, 4) is 0 Å². The number of carbonyl (C=O) groups is 2. The number of imide groups is 1. The first-order chi connectivity index (χ1) is 9.90. The zero-order chi connectivity index (χ0) is 15.6. The van der Waals surface area contributed by atoms with E-state index in [1.165, 1.54) is 18.8 Å². The molecular weight excluding hydrogens is 292 g/mol. The Bertz CT molecular complexity index is 698. The van der Waals surface area contributed by atoms with Gasteiger partial charge in [0, 0.05) is 18.4 Å². The zero-order valence-corrected chi connectivity index (χ0v) is 13.0. The van der Waals surface area contributed by atoms with Crippen LogP contribution < -0.4 is 10.6 Å². The van der Waals surface area contributed by atoms with Crippen molar-refractivity contribution in [3.05, 3.63) is 17.5 Å². The van der Waals surface area contributed by atoms with Crippen LogP contribution in [0.25, 0.3) is 5.78 Å². The highest BCUT2D eigenvalue weighted by molar-refractivity contribution is 8.00. The minimum Gasteiger partial charge on any atom is -0.341 e. The summed E-state index contributed by atoms with van der Waals surface area (Å²) in [6.45, 7) is 5.47. The molecule has 2 aromatic heterocycles. The first-order valence-electron chi connectivity index (χ1n) is 6.31. The van der Waals surface area contributed by atoms with Crippen LogP contribution >= 0.6 is 11.8 Å². The molecule has 2 N–H and O–H groups in total. The molecule has 1 unspecified atom stereocenters. The Morgan fingerprint density at radius 2 is 2.05 bits per heavy atom. The van der Waals surface area contributed by atoms with Gasteiger partial charge in [0.1, 0.15) is 0 Å². The number of aryl methyl sites for hydroxylation is 2. The second kappa shape index (κ2) is 6.08. The van der Waals surface area contributed by atoms with E-state index >= 15 is 0 Å². The average molecular weight is 308 g/mol. The molecule has 8 nitrogen and oxygen atoms in total. The number of fused-ring (bicyclic) bond motifs is 1. The summed E-state index contributed by atoms with van der Waals surface area (Å²) in [7, 11) is 1.45. The van der Waals surface area contributed by atoms with E-state index in [-0.39, 0.29) is 0 Å². The maximum atomic E-state index is 11.8. The number of aromatic nitrogens is 4. The minimum atomic E-state index is -0.538. The summed E-state index contributed by atoms with van der Waals surface area (Å²) < 4.78 is 1.62. The van der Waals surface area contributed by atoms with Crippen LogP contribution in [-0.2, 0) is 4.79 Å². The minimum absolute atomic E-state index is 0.404. The van der Waals surface area contributed by atoms with Crippen molar-refractivity contribution in [1.29, 1.82) is 0 Å². The second-order valence-electron chi connectivity index (χ2n) is 4.47. The molecule has 9 heteroatoms. The third-order valence-corrected chi connectivity index (χ3v) is 3.67. The van der Waals surface area contributed by atoms with Gasteiger partial charge >= 0.3 is 6.03 Å². The van der Waals surface area contributed by atoms with Gasteiger partial charge in [0.15, 0.2) is 0 Å². The lowest BCUT2D eigenvalue weighted by atomic mass is 10.4. The highest BCUT2D eigenvalue weighted by atomic mass is 32.2. The molecule has 21 heavy (non-hydrogen) atoms. The number of carbonyl (C=O) groups excluding carboxylic acids is 2. The molecule has 0 spiro atoms. The summed E-state index contributed by atoms with van der Waals surface area (Å²) in [6.07, 6.45) is 0. The highest BCUT2D eigenvalue weighted by Crippen LogP contribution is 2.20. The lowest BCUT2D eigenvalue weighted by Crippen LogP contribution is -2.41. The van der Waals surface area contributed by atoms with Crippen molar-refractivity contribution in [1.82, 2.24) is 30.2 Å². The lowest BCUT2D eigenvalue weighted by Gasteiger charge is -2.08. The Labute approximate surface area is 125 Å². The van der Waals surface area contributed by atoms with Gasteiger partial charge in [-0.05, 0) is 26.8 Å². The van der Waals surface area contributed by atoms with Gasteiger partial charge in [-0.15, -0.1) is 5.10 Å². The van der Waals surface area contributed by atoms with Crippen molar-refractivity contribution < 1.29 is 9.59 Å². The molecule has 0 saturated carbocycles. The average Bonchev–Trinajstić information content (AvgIpc) is 2.81. The smallest absolute Gasteiger partial charge is 0.321 e. The Kier molecular flexibility index (Phi) is 4.41. The van der Waals surface area contributed by atoms with Gasteiger partial charge in [0.2, 0.25) is 11.1 Å². The number of hydrogen-bond donors (Lipinski definition) is 2. The summed E-state index contributed by atoms with van der Waals surface area (Å²) in [5.41, 5.74) is 1.77. The van der Waals surface area contributed by atoms with Crippen LogP contribution in [-0.4, -0.2) is 43.8 Å². The van der Waals surface area contributed by atoms with Gasteiger partial charge in [0.05, 0.1) is 5.25 Å². The van der Waals surface area contributed by atoms with Gasteiger partial charge in [-0.25, -0.2) is 14.3 Å². The fourth-order valence-electron chi connectivity index (χ4n) is 1.69. The van der Waals surface area contributed by atoms with Crippen molar-refractivity contribution in [2.24, 2.45) is 0 Å². The summed E-state index contributed by atoms with van der Waals surface area (Å²) in [4.78, 5) is 31.4. The Morgan fingerprint density at radius 1 is 1.33 bits per heavy atom. The largest absolute Gasteiger partial charge is 0.341 e. The van der Waals surface area contributed by atoms with Crippen molar-refractivity contribution in [2.45, 2.75) is 31.2 Å². The van der Waals surface area contributed by atoms with Crippen LogP contribution in [0.15, 0.2) is 11.2 Å². The van der Waals surface area contributed by atoms with E-state index in [0.717, 1.165) is 11.4 Å². The number of nitrogens with one attached hydrogen (secondary N) is 2. The van der Waals surface area contributed by atoms with Crippen LogP contribution in [0, 0.1) is 13.8 Å². The van der Waals surface area contributed by atoms with E-state index < -0.39 is 17.2 Å². The topological polar surface area (TPSA) is 101 Å². The maximum absolute atomic E-state index is 11.8. The predicted molar refractivity (Wildman–Crippen MR) is 78.2 cm³/mol. The van der Waals surface area contributed by atoms with Crippen molar-refractivity contribution >= 4 is 29.5 Å². The molecule has 1 atom stereocenters. The molecule has 3 amide bonds. The molecule has 0 radical (unpaired) electrons. The second-order valence-corrected chi connectivity index (χ2v) is 5.78. The number of thioether (sulfide) groups is 1. The molecule has 2 aromatic rings. The van der Waals surface area contributed by atoms with Crippen LogP contribution in [0.4, 0.5) is 4.79 Å². The number of amides is 3. The van der Waals surface area contributed by atoms with E-state index in [9.17, 15) is 9.59 Å². The highest BCUT2D eigenvalue weighted by Gasteiger charge is 2.19. The summed E-state index contributed by atoms with van der Waals surface area (Å²) in [6, 6.07) is 1.36. The first kappa shape index (κ1) is 15.2. The lowest BCUT2D eigenvalue weighted by molar-refractivity contribution is -0.119. The monoisotopic (exact) mass is 308 g/mol. The van der Waals surface area contributed by atoms with E-state index in [1.54, 1.807) is 11.4 Å². The number of rotatable bonds is 3. The van der Waals surface area contributed by atoms with Gasteiger partial charge in [-0.2, -0.15) is 4.98 Å². The third kappa shape index (κ3) is 3.48. The van der Waals surface area contributed by atoms with E-state index in [2.05, 4.69) is 25.7 Å². The van der Waals surface area contributed by atoms with Crippen molar-refractivity contribution in [3.63, 3.8) is 0 Å². The first-order valence-corrected chi connectivity index (χ1v) is 7.19. The van der Waals surface area contributed by atoms with Crippen LogP contribution in [0.1, 0.15) is 18.3 Å². The predicted octanol–water partition coefficient (Wildman–Crippen LogP) is 0.677. The molecule has 2 rings (SSSR count). The Hall–Kier alpha value is -2.16. The molecule has 0 saturated heterocycles. The standard InChI is InChI=1S/C12H16N6O2S/c1-6-5-7(2)18-10(14-6)16-12(17-18)21-8(3)9(19)15-11(20)13-4/h5,8H,1-4H3,(H2,13,15,19,20). The van der Waals surface area contributed by atoms with Gasteiger partial charge in [-0.3, -0.25) is 10.1 Å². The maximum Gasteiger partial charge on any atom is 0.321 e. The fourth-order valence-corrected chi connectivity index (χ4v) is 2.43. The molecule has 2 heterocycles. The summed E-state index contributed by atoms with van der Waals surface area (Å²) in [5, 5.41) is 8.78. The van der Waals surface area contributed by atoms with Crippen LogP contribution in [0.3, 0.4) is 0 Å². The molecule has 0 aliphatic heterocycles. The SMILES string of the molecule is CNC(=O)NC(=O)C(C)Sc1nc2nc(C)cc(C)n2n1. The molecule has 0 aliphatic carbocycles. The van der Waals surface area contributed by atoms with Crippen molar-refractivity contribution in [2.75, 3.05) is 7.05 Å². The molecule has 112 valence electrons. The van der Waals surface area contributed by atoms with Crippen LogP contribution in [0.5, 0.6) is 0 Å². The molecule has 0 bridgehead atoms. The number of urea groups is 1. The molecular formula is C12H16N6O2S. The van der Waals surface area contributed by atoms with Gasteiger partial charge < -0.3 is 5.32 Å². The summed E-state index contributed by atoms with van der Waals surface area (Å²) >= 11 is 1.17. The molecule has 0 fully saturated rings. The van der Waals surface area contributed by atoms with E-state index in [4.69, 9.17) is 0 Å². The number of nitrogens with zero attached hydrogens (tertiary/aromatic N) is 4. The van der Waals surface area contributed by atoms with Gasteiger partial charge in [-0.1, -0.05) is 11.8 Å². The molecule has 0 aromatic carbocycles. The molecule has 0 aliphatic rings. The normalized spacial score (nSPS) is 12.2. The third-order valence-electron chi connectivity index (χ3n) is 2.71. The van der Waals surface area contributed by atoms with E-state index in [1.807, 2.05) is 19.9 Å². The number of hydrogen-bond acceptors (Lipinski definition) is 6. The van der Waals surface area contributed by atoms with Gasteiger partial charge in [0.25, 0.3) is 5.78 Å². The van der Waals surface area contributed by atoms with E-state index in [0.29, 0.717) is 10.9 Å². The fraction of sp³-hybridized carbons (Fsp3) is 0.417. The zero-order valence-electron chi connectivity index (χ0n) is 12.2. The van der Waals surface area contributed by atoms with Crippen LogP contribution in [0.2, 0.25) is 0 Å². The quantitative estimate of drug-likeness (QED) is 0.809. The Balaban J connectivity index is 2.14. The summed E-state index contributed by atoms with van der Waals surface area (Å²) in [5.74, 6) is 0.0907.